The Labute approximate surface area is 82.7 Å². The lowest BCUT2D eigenvalue weighted by Crippen LogP contribution is -2.38. The Hall–Kier alpha value is -0.480. The Morgan fingerprint density at radius 1 is 1.62 bits per heavy atom. The average molecular weight is 197 g/mol. The minimum Gasteiger partial charge on any atom is -0.311 e. The van der Waals surface area contributed by atoms with E-state index in [2.05, 4.69) is 21.8 Å². The molecule has 0 bridgehead atoms. The van der Waals surface area contributed by atoms with Gasteiger partial charge in [0.05, 0.1) is 10.6 Å². The highest BCUT2D eigenvalue weighted by Gasteiger charge is 2.29. The molecule has 1 saturated heterocycles. The topological polar surface area (TPSA) is 37.8 Å². The molecule has 1 aromatic heterocycles. The highest BCUT2D eigenvalue weighted by atomic mass is 32.1. The summed E-state index contributed by atoms with van der Waals surface area (Å²) in [6.45, 7) is 5.48. The summed E-state index contributed by atoms with van der Waals surface area (Å²) in [6.07, 6.45) is 3.64. The molecule has 1 aromatic rings. The van der Waals surface area contributed by atoms with Gasteiger partial charge in [0.25, 0.3) is 0 Å². The van der Waals surface area contributed by atoms with Crippen LogP contribution in [0.4, 0.5) is 0 Å². The number of aryl methyl sites for hydroxylation is 1. The molecule has 0 aliphatic carbocycles. The first-order valence-corrected chi connectivity index (χ1v) is 5.50. The number of nitrogens with zero attached hydrogens (tertiary/aromatic N) is 2. The molecule has 1 N–H and O–H groups in total. The molecule has 0 saturated carbocycles. The zero-order valence-electron chi connectivity index (χ0n) is 8.13. The molecular formula is C9H15N3S. The molecule has 0 amide bonds. The van der Waals surface area contributed by atoms with Crippen LogP contribution in [-0.2, 0) is 6.42 Å². The predicted molar refractivity (Wildman–Crippen MR) is 54.0 cm³/mol. The highest BCUT2D eigenvalue weighted by molar-refractivity contribution is 7.05. The van der Waals surface area contributed by atoms with Crippen LogP contribution in [0, 0.1) is 6.92 Å². The van der Waals surface area contributed by atoms with Crippen molar-refractivity contribution in [2.24, 2.45) is 0 Å². The van der Waals surface area contributed by atoms with Crippen molar-refractivity contribution in [3.63, 3.8) is 0 Å². The quantitative estimate of drug-likeness (QED) is 0.781. The Morgan fingerprint density at radius 3 is 3.00 bits per heavy atom. The van der Waals surface area contributed by atoms with Crippen LogP contribution in [0.25, 0.3) is 0 Å². The smallest absolute Gasteiger partial charge is 0.0757 e. The monoisotopic (exact) mass is 197 g/mol. The van der Waals surface area contributed by atoms with Gasteiger partial charge in [-0.25, -0.2) is 0 Å². The largest absolute Gasteiger partial charge is 0.311 e. The van der Waals surface area contributed by atoms with E-state index in [4.69, 9.17) is 0 Å². The van der Waals surface area contributed by atoms with Crippen molar-refractivity contribution < 1.29 is 0 Å². The number of hydrogen-bond acceptors (Lipinski definition) is 4. The van der Waals surface area contributed by atoms with Crippen LogP contribution in [0.3, 0.4) is 0 Å². The van der Waals surface area contributed by atoms with Gasteiger partial charge in [-0.3, -0.25) is 0 Å². The van der Waals surface area contributed by atoms with Crippen molar-refractivity contribution >= 4 is 11.5 Å². The third-order valence-corrected chi connectivity index (χ3v) is 3.58. The second-order valence-electron chi connectivity index (χ2n) is 4.05. The van der Waals surface area contributed by atoms with Crippen LogP contribution in [0.2, 0.25) is 0 Å². The van der Waals surface area contributed by atoms with Crippen molar-refractivity contribution in [2.45, 2.75) is 38.6 Å². The molecule has 4 heteroatoms. The molecular weight excluding hydrogens is 182 g/mol. The third kappa shape index (κ3) is 1.89. The fraction of sp³-hybridized carbons (Fsp3) is 0.778. The summed E-state index contributed by atoms with van der Waals surface area (Å²) in [5, 5.41) is 7.58. The highest BCUT2D eigenvalue weighted by Crippen LogP contribution is 2.25. The van der Waals surface area contributed by atoms with Crippen LogP contribution in [-0.4, -0.2) is 21.7 Å². The van der Waals surface area contributed by atoms with Gasteiger partial charge < -0.3 is 5.32 Å². The number of hydrogen-bond donors (Lipinski definition) is 1. The van der Waals surface area contributed by atoms with E-state index in [-0.39, 0.29) is 0 Å². The van der Waals surface area contributed by atoms with Gasteiger partial charge in [-0.2, -0.15) is 0 Å². The number of rotatable bonds is 2. The molecule has 0 spiro atoms. The summed E-state index contributed by atoms with van der Waals surface area (Å²) in [6, 6.07) is 0. The summed E-state index contributed by atoms with van der Waals surface area (Å²) < 4.78 is 3.96. The fourth-order valence-electron chi connectivity index (χ4n) is 1.88. The maximum absolute atomic E-state index is 4.03. The van der Waals surface area contributed by atoms with Gasteiger partial charge in [-0.15, -0.1) is 5.10 Å². The van der Waals surface area contributed by atoms with Crippen LogP contribution < -0.4 is 5.32 Å². The van der Waals surface area contributed by atoms with Crippen molar-refractivity contribution in [3.05, 3.63) is 10.6 Å². The minimum atomic E-state index is 0.291. The lowest BCUT2D eigenvalue weighted by atomic mass is 9.95. The van der Waals surface area contributed by atoms with Crippen LogP contribution in [0.1, 0.15) is 30.3 Å². The molecule has 1 aliphatic heterocycles. The van der Waals surface area contributed by atoms with E-state index >= 15 is 0 Å². The lowest BCUT2D eigenvalue weighted by Gasteiger charge is -2.23. The summed E-state index contributed by atoms with van der Waals surface area (Å²) >= 11 is 1.53. The maximum atomic E-state index is 4.03. The molecule has 2 rings (SSSR count). The third-order valence-electron chi connectivity index (χ3n) is 2.75. The zero-order chi connectivity index (χ0) is 9.31. The van der Waals surface area contributed by atoms with E-state index in [9.17, 15) is 0 Å². The van der Waals surface area contributed by atoms with Crippen LogP contribution in [0.5, 0.6) is 0 Å². The Bertz CT molecular complexity index is 289. The van der Waals surface area contributed by atoms with Gasteiger partial charge in [-0.05, 0) is 44.8 Å². The van der Waals surface area contributed by atoms with Crippen LogP contribution >= 0.6 is 11.5 Å². The molecule has 72 valence electrons. The minimum absolute atomic E-state index is 0.291. The molecule has 1 atom stereocenters. The Kier molecular flexibility index (Phi) is 2.34. The summed E-state index contributed by atoms with van der Waals surface area (Å²) in [5.74, 6) is 0. The van der Waals surface area contributed by atoms with E-state index in [1.54, 1.807) is 0 Å². The zero-order valence-corrected chi connectivity index (χ0v) is 8.95. The van der Waals surface area contributed by atoms with Gasteiger partial charge in [0.15, 0.2) is 0 Å². The molecule has 1 fully saturated rings. The average Bonchev–Trinajstić information content (AvgIpc) is 2.64. The van der Waals surface area contributed by atoms with Gasteiger partial charge >= 0.3 is 0 Å². The van der Waals surface area contributed by atoms with Crippen molar-refractivity contribution in [1.29, 1.82) is 0 Å². The Balaban J connectivity index is 2.09. The first-order chi connectivity index (χ1) is 6.20. The van der Waals surface area contributed by atoms with E-state index < -0.39 is 0 Å². The first-order valence-electron chi connectivity index (χ1n) is 4.72. The molecule has 0 radical (unpaired) electrons. The standard InChI is InChI=1S/C9H15N3S/c1-7-8(13-12-11-7)6-9(2)4-3-5-10-9/h10H,3-6H2,1-2H3. The molecule has 2 heterocycles. The van der Waals surface area contributed by atoms with E-state index in [0.29, 0.717) is 5.54 Å². The lowest BCUT2D eigenvalue weighted by molar-refractivity contribution is 0.414. The second kappa shape index (κ2) is 3.35. The van der Waals surface area contributed by atoms with E-state index in [1.807, 2.05) is 6.92 Å². The van der Waals surface area contributed by atoms with Gasteiger partial charge in [0.1, 0.15) is 0 Å². The van der Waals surface area contributed by atoms with Crippen LogP contribution in [0.15, 0.2) is 0 Å². The van der Waals surface area contributed by atoms with Gasteiger partial charge in [0, 0.05) is 12.0 Å². The van der Waals surface area contributed by atoms with E-state index in [0.717, 1.165) is 18.7 Å². The van der Waals surface area contributed by atoms with Gasteiger partial charge in [-0.1, -0.05) is 4.49 Å². The van der Waals surface area contributed by atoms with Crippen molar-refractivity contribution in [1.82, 2.24) is 14.9 Å². The molecule has 13 heavy (non-hydrogen) atoms. The summed E-state index contributed by atoms with van der Waals surface area (Å²) in [7, 11) is 0. The molecule has 1 unspecified atom stereocenters. The van der Waals surface area contributed by atoms with Crippen molar-refractivity contribution in [3.8, 4) is 0 Å². The number of nitrogens with one attached hydrogen (secondary N) is 1. The summed E-state index contributed by atoms with van der Waals surface area (Å²) in [4.78, 5) is 1.33. The molecule has 0 aromatic carbocycles. The Morgan fingerprint density at radius 2 is 2.46 bits per heavy atom. The van der Waals surface area contributed by atoms with E-state index in [1.165, 1.54) is 29.3 Å². The van der Waals surface area contributed by atoms with Crippen molar-refractivity contribution in [2.75, 3.05) is 6.54 Å². The fourth-order valence-corrected chi connectivity index (χ4v) is 2.69. The van der Waals surface area contributed by atoms with Gasteiger partial charge in [0.2, 0.25) is 0 Å². The number of aromatic nitrogens is 2. The predicted octanol–water partition coefficient (Wildman–Crippen LogP) is 1.53. The summed E-state index contributed by atoms with van der Waals surface area (Å²) in [5.41, 5.74) is 1.39. The maximum Gasteiger partial charge on any atom is 0.0757 e. The molecule has 3 nitrogen and oxygen atoms in total. The second-order valence-corrected chi connectivity index (χ2v) is 4.89. The SMILES string of the molecule is Cc1nnsc1CC1(C)CCCN1. The molecule has 1 aliphatic rings. The first kappa shape index (κ1) is 9.09. The normalized spacial score (nSPS) is 28.2.